The van der Waals surface area contributed by atoms with Gasteiger partial charge in [0.2, 0.25) is 0 Å². The van der Waals surface area contributed by atoms with Crippen molar-refractivity contribution in [2.75, 3.05) is 23.3 Å². The highest BCUT2D eigenvalue weighted by molar-refractivity contribution is 5.80. The Bertz CT molecular complexity index is 1340. The Labute approximate surface area is 189 Å². The molecule has 0 radical (unpaired) electrons. The number of benzene rings is 2. The van der Waals surface area contributed by atoms with Crippen LogP contribution in [0.1, 0.15) is 11.1 Å². The molecule has 164 valence electrons. The van der Waals surface area contributed by atoms with E-state index in [0.717, 1.165) is 35.6 Å². The number of nitriles is 1. The Morgan fingerprint density at radius 3 is 2.58 bits per heavy atom. The highest BCUT2D eigenvalue weighted by Gasteiger charge is 2.27. The van der Waals surface area contributed by atoms with E-state index in [4.69, 9.17) is 15.1 Å². The van der Waals surface area contributed by atoms with Crippen molar-refractivity contribution in [3.8, 4) is 17.3 Å². The molecule has 0 bridgehead atoms. The van der Waals surface area contributed by atoms with E-state index in [-0.39, 0.29) is 12.1 Å². The number of aromatic nitrogens is 3. The van der Waals surface area contributed by atoms with Crippen molar-refractivity contribution >= 4 is 23.4 Å². The first kappa shape index (κ1) is 20.5. The number of anilines is 2. The number of nitrogens with zero attached hydrogens (tertiary/aromatic N) is 5. The van der Waals surface area contributed by atoms with Crippen molar-refractivity contribution in [3.05, 3.63) is 77.9 Å². The molecule has 1 aliphatic heterocycles. The van der Waals surface area contributed by atoms with E-state index in [0.29, 0.717) is 17.8 Å². The summed E-state index contributed by atoms with van der Waals surface area (Å²) in [4.78, 5) is 17.3. The molecule has 4 aromatic rings. The van der Waals surface area contributed by atoms with Gasteiger partial charge in [0.1, 0.15) is 0 Å². The van der Waals surface area contributed by atoms with Crippen molar-refractivity contribution in [2.24, 2.45) is 0 Å². The Balaban J connectivity index is 1.21. The fourth-order valence-electron chi connectivity index (χ4n) is 3.76. The molecule has 0 unspecified atom stereocenters. The van der Waals surface area contributed by atoms with E-state index in [1.165, 1.54) is 0 Å². The average Bonchev–Trinajstić information content (AvgIpc) is 3.20. The third-order valence-electron chi connectivity index (χ3n) is 5.52. The van der Waals surface area contributed by atoms with Gasteiger partial charge < -0.3 is 14.7 Å². The molecule has 3 heterocycles. The van der Waals surface area contributed by atoms with Gasteiger partial charge in [0.25, 0.3) is 5.95 Å². The van der Waals surface area contributed by atoms with Crippen LogP contribution in [0.25, 0.3) is 16.9 Å². The summed E-state index contributed by atoms with van der Waals surface area (Å²) in [7, 11) is 0. The molecule has 5 rings (SSSR count). The smallest absolute Gasteiger partial charge is 0.411 e. The van der Waals surface area contributed by atoms with Crippen LogP contribution in [0.4, 0.5) is 16.4 Å². The summed E-state index contributed by atoms with van der Waals surface area (Å²) in [6, 6.07) is 23.3. The molecule has 1 aliphatic rings. The number of pyridine rings is 1. The predicted octanol–water partition coefficient (Wildman–Crippen LogP) is 3.76. The number of carboxylic acid groups (broad SMARTS) is 1. The van der Waals surface area contributed by atoms with Gasteiger partial charge in [0.15, 0.2) is 5.65 Å². The number of hydrogen-bond acceptors (Lipinski definition) is 6. The number of nitrogens with one attached hydrogen (secondary N) is 1. The first-order valence-electron chi connectivity index (χ1n) is 10.4. The lowest BCUT2D eigenvalue weighted by molar-refractivity contribution is 0.0224. The SMILES string of the molecule is N#Cc1ccc(COC2CN(c3ccc(-c4cccc5nc(NC(=O)O)nn45)cc3)C2)cc1. The largest absolute Gasteiger partial charge is 0.465 e. The molecule has 0 aliphatic carbocycles. The Morgan fingerprint density at radius 2 is 1.88 bits per heavy atom. The summed E-state index contributed by atoms with van der Waals surface area (Å²) in [6.45, 7) is 2.17. The standard InChI is InChI=1S/C24H20N6O3/c25-12-16-4-6-17(7-5-16)15-33-20-13-29(14-20)19-10-8-18(9-11-19)21-2-1-3-22-26-23(27-24(31)32)28-30(21)22/h1-11,20H,13-15H2,(H,27,28)(H,31,32). The molecule has 1 fully saturated rings. The highest BCUT2D eigenvalue weighted by atomic mass is 16.5. The van der Waals surface area contributed by atoms with Gasteiger partial charge in [0, 0.05) is 24.3 Å². The van der Waals surface area contributed by atoms with Crippen molar-refractivity contribution < 1.29 is 14.6 Å². The lowest BCUT2D eigenvalue weighted by atomic mass is 10.1. The van der Waals surface area contributed by atoms with Crippen LogP contribution in [0.2, 0.25) is 0 Å². The fourth-order valence-corrected chi connectivity index (χ4v) is 3.76. The summed E-state index contributed by atoms with van der Waals surface area (Å²) in [5.41, 5.74) is 5.14. The maximum Gasteiger partial charge on any atom is 0.411 e. The summed E-state index contributed by atoms with van der Waals surface area (Å²) in [6.07, 6.45) is -1.03. The van der Waals surface area contributed by atoms with E-state index >= 15 is 0 Å². The fraction of sp³-hybridized carbons (Fsp3) is 0.167. The molecule has 0 spiro atoms. The van der Waals surface area contributed by atoms with Gasteiger partial charge in [-0.1, -0.05) is 30.3 Å². The van der Waals surface area contributed by atoms with Gasteiger partial charge >= 0.3 is 6.09 Å². The molecule has 0 atom stereocenters. The first-order valence-corrected chi connectivity index (χ1v) is 10.4. The van der Waals surface area contributed by atoms with Crippen LogP contribution in [-0.4, -0.2) is 45.0 Å². The monoisotopic (exact) mass is 440 g/mol. The van der Waals surface area contributed by atoms with E-state index < -0.39 is 6.09 Å². The molecular weight excluding hydrogens is 420 g/mol. The lowest BCUT2D eigenvalue weighted by Crippen LogP contribution is -2.52. The summed E-state index contributed by atoms with van der Waals surface area (Å²) in [5, 5.41) is 24.2. The molecule has 2 aromatic heterocycles. The average molecular weight is 440 g/mol. The summed E-state index contributed by atoms with van der Waals surface area (Å²) in [5.74, 6) is 0.0409. The van der Waals surface area contributed by atoms with Crippen LogP contribution in [0.5, 0.6) is 0 Å². The van der Waals surface area contributed by atoms with E-state index in [2.05, 4.69) is 38.5 Å². The number of hydrogen-bond donors (Lipinski definition) is 2. The Morgan fingerprint density at radius 1 is 1.12 bits per heavy atom. The maximum absolute atomic E-state index is 10.9. The highest BCUT2D eigenvalue weighted by Crippen LogP contribution is 2.27. The minimum Gasteiger partial charge on any atom is -0.465 e. The molecule has 0 saturated carbocycles. The third kappa shape index (κ3) is 4.33. The van der Waals surface area contributed by atoms with Gasteiger partial charge in [-0.2, -0.15) is 10.2 Å². The van der Waals surface area contributed by atoms with Crippen molar-refractivity contribution in [2.45, 2.75) is 12.7 Å². The van der Waals surface area contributed by atoms with Crippen LogP contribution in [0.3, 0.4) is 0 Å². The zero-order valence-corrected chi connectivity index (χ0v) is 17.5. The third-order valence-corrected chi connectivity index (χ3v) is 5.52. The Hall–Kier alpha value is -4.42. The van der Waals surface area contributed by atoms with Gasteiger partial charge in [-0.3, -0.25) is 5.32 Å². The van der Waals surface area contributed by atoms with Crippen LogP contribution in [-0.2, 0) is 11.3 Å². The maximum atomic E-state index is 10.9. The van der Waals surface area contributed by atoms with Crippen LogP contribution >= 0.6 is 0 Å². The van der Waals surface area contributed by atoms with Crippen LogP contribution < -0.4 is 10.2 Å². The van der Waals surface area contributed by atoms with Gasteiger partial charge in [-0.15, -0.1) is 5.10 Å². The van der Waals surface area contributed by atoms with Crippen molar-refractivity contribution in [1.29, 1.82) is 5.26 Å². The van der Waals surface area contributed by atoms with E-state index in [9.17, 15) is 4.79 Å². The summed E-state index contributed by atoms with van der Waals surface area (Å²) < 4.78 is 7.59. The lowest BCUT2D eigenvalue weighted by Gasteiger charge is -2.40. The minimum atomic E-state index is -1.20. The molecule has 9 heteroatoms. The minimum absolute atomic E-state index is 0.0409. The van der Waals surface area contributed by atoms with E-state index in [1.807, 2.05) is 36.4 Å². The van der Waals surface area contributed by atoms with Crippen LogP contribution in [0, 0.1) is 11.3 Å². The summed E-state index contributed by atoms with van der Waals surface area (Å²) >= 11 is 0. The number of amides is 1. The zero-order chi connectivity index (χ0) is 22.8. The molecule has 1 saturated heterocycles. The molecule has 1 amide bonds. The van der Waals surface area contributed by atoms with Gasteiger partial charge in [0.05, 0.1) is 30.0 Å². The second kappa shape index (κ2) is 8.61. The molecular formula is C24H20N6O3. The van der Waals surface area contributed by atoms with Crippen molar-refractivity contribution in [3.63, 3.8) is 0 Å². The molecule has 2 N–H and O–H groups in total. The number of rotatable bonds is 6. The van der Waals surface area contributed by atoms with Gasteiger partial charge in [-0.05, 0) is 42.0 Å². The van der Waals surface area contributed by atoms with Crippen LogP contribution in [0.15, 0.2) is 66.7 Å². The predicted molar refractivity (Wildman–Crippen MR) is 122 cm³/mol. The number of carbonyl (C=O) groups is 1. The number of ether oxygens (including phenoxy) is 1. The van der Waals surface area contributed by atoms with Crippen molar-refractivity contribution in [1.82, 2.24) is 14.6 Å². The quantitative estimate of drug-likeness (QED) is 0.469. The van der Waals surface area contributed by atoms with E-state index in [1.54, 1.807) is 22.7 Å². The second-order valence-corrected chi connectivity index (χ2v) is 7.74. The first-order chi connectivity index (χ1) is 16.1. The Kier molecular flexibility index (Phi) is 5.34. The number of fused-ring (bicyclic) bond motifs is 1. The second-order valence-electron chi connectivity index (χ2n) is 7.74. The topological polar surface area (TPSA) is 116 Å². The zero-order valence-electron chi connectivity index (χ0n) is 17.5. The normalized spacial score (nSPS) is 13.5. The molecule has 2 aromatic carbocycles. The molecule has 33 heavy (non-hydrogen) atoms. The molecule has 9 nitrogen and oxygen atoms in total. The van der Waals surface area contributed by atoms with Gasteiger partial charge in [-0.25, -0.2) is 9.31 Å².